The molecule has 1 nitrogen and oxygen atoms in total. The number of thioether (sulfide) groups is 1. The molecule has 2 rings (SSSR count). The fourth-order valence-electron chi connectivity index (χ4n) is 1.42. The van der Waals surface area contributed by atoms with E-state index in [2.05, 4.69) is 37.2 Å². The topological polar surface area (TPSA) is 12.9 Å². The number of aromatic nitrogens is 1. The van der Waals surface area contributed by atoms with Crippen molar-refractivity contribution < 1.29 is 0 Å². The Morgan fingerprint density at radius 2 is 2.11 bits per heavy atom. The van der Waals surface area contributed by atoms with E-state index in [1.165, 1.54) is 15.6 Å². The summed E-state index contributed by atoms with van der Waals surface area (Å²) in [6.45, 7) is 6.57. The molecule has 0 saturated heterocycles. The fourth-order valence-corrected chi connectivity index (χ4v) is 3.67. The van der Waals surface area contributed by atoms with Crippen LogP contribution in [0.5, 0.6) is 0 Å². The number of halogens is 1. The average molecular weight is 298 g/mol. The van der Waals surface area contributed by atoms with Crippen molar-refractivity contribution in [1.29, 1.82) is 0 Å². The maximum atomic E-state index is 5.96. The molecule has 0 N–H and O–H groups in total. The highest BCUT2D eigenvalue weighted by Crippen LogP contribution is 2.29. The molecule has 18 heavy (non-hydrogen) atoms. The lowest BCUT2D eigenvalue weighted by molar-refractivity contribution is 0.572. The van der Waals surface area contributed by atoms with E-state index in [0.29, 0.717) is 0 Å². The lowest BCUT2D eigenvalue weighted by Crippen LogP contribution is -2.11. The van der Waals surface area contributed by atoms with E-state index in [1.54, 1.807) is 23.1 Å². The summed E-state index contributed by atoms with van der Waals surface area (Å²) in [6.07, 6.45) is 0. The van der Waals surface area contributed by atoms with Crippen LogP contribution >= 0.6 is 34.7 Å². The molecule has 0 bridgehead atoms. The van der Waals surface area contributed by atoms with Gasteiger partial charge in [0.1, 0.15) is 5.01 Å². The van der Waals surface area contributed by atoms with Gasteiger partial charge in [-0.15, -0.1) is 23.1 Å². The summed E-state index contributed by atoms with van der Waals surface area (Å²) in [5.41, 5.74) is 1.31. The van der Waals surface area contributed by atoms with Crippen molar-refractivity contribution in [3.05, 3.63) is 45.4 Å². The third-order valence-corrected chi connectivity index (χ3v) is 4.75. The van der Waals surface area contributed by atoms with Crippen LogP contribution in [0.1, 0.15) is 31.5 Å². The van der Waals surface area contributed by atoms with Crippen LogP contribution in [0.15, 0.2) is 34.5 Å². The second-order valence-electron chi connectivity index (χ2n) is 5.12. The summed E-state index contributed by atoms with van der Waals surface area (Å²) in [6, 6.07) is 7.94. The van der Waals surface area contributed by atoms with Gasteiger partial charge in [0.15, 0.2) is 0 Å². The van der Waals surface area contributed by atoms with Crippen molar-refractivity contribution in [3.8, 4) is 0 Å². The van der Waals surface area contributed by atoms with Gasteiger partial charge in [-0.2, -0.15) is 0 Å². The van der Waals surface area contributed by atoms with Gasteiger partial charge in [0.05, 0.1) is 11.4 Å². The molecule has 0 spiro atoms. The lowest BCUT2D eigenvalue weighted by atomic mass is 9.93. The smallest absolute Gasteiger partial charge is 0.103 e. The molecule has 0 atom stereocenters. The number of hydrogen-bond acceptors (Lipinski definition) is 3. The van der Waals surface area contributed by atoms with Gasteiger partial charge < -0.3 is 0 Å². The summed E-state index contributed by atoms with van der Waals surface area (Å²) in [7, 11) is 0. The lowest BCUT2D eigenvalue weighted by Gasteiger charge is -2.14. The van der Waals surface area contributed by atoms with Gasteiger partial charge >= 0.3 is 0 Å². The summed E-state index contributed by atoms with van der Waals surface area (Å²) in [5.74, 6) is 0.904. The number of nitrogens with zero attached hydrogens (tertiary/aromatic N) is 1. The summed E-state index contributed by atoms with van der Waals surface area (Å²) in [4.78, 5) is 5.87. The van der Waals surface area contributed by atoms with Crippen molar-refractivity contribution in [2.45, 2.75) is 36.8 Å². The van der Waals surface area contributed by atoms with Crippen LogP contribution in [0.2, 0.25) is 5.02 Å². The molecule has 4 heteroatoms. The van der Waals surface area contributed by atoms with E-state index in [-0.39, 0.29) is 5.41 Å². The molecule has 1 aromatic carbocycles. The van der Waals surface area contributed by atoms with Crippen molar-refractivity contribution in [2.75, 3.05) is 0 Å². The maximum absolute atomic E-state index is 5.96. The highest BCUT2D eigenvalue weighted by Gasteiger charge is 2.17. The molecule has 0 aliphatic rings. The third kappa shape index (κ3) is 3.74. The molecule has 1 heterocycles. The SMILES string of the molecule is CC(C)(C)c1csc(CSc2cccc(Cl)c2)n1. The summed E-state index contributed by atoms with van der Waals surface area (Å²) < 4.78 is 0. The largest absolute Gasteiger partial charge is 0.245 e. The zero-order chi connectivity index (χ0) is 13.2. The van der Waals surface area contributed by atoms with Crippen LogP contribution < -0.4 is 0 Å². The predicted molar refractivity (Wildman–Crippen MR) is 81.8 cm³/mol. The monoisotopic (exact) mass is 297 g/mol. The van der Waals surface area contributed by atoms with Gasteiger partial charge in [0, 0.05) is 20.7 Å². The van der Waals surface area contributed by atoms with E-state index in [9.17, 15) is 0 Å². The second kappa shape index (κ2) is 5.64. The molecule has 0 fully saturated rings. The van der Waals surface area contributed by atoms with Crippen LogP contribution in [-0.4, -0.2) is 4.98 Å². The Bertz CT molecular complexity index is 529. The molecule has 0 amide bonds. The Kier molecular flexibility index (Phi) is 4.36. The van der Waals surface area contributed by atoms with Crippen LogP contribution in [-0.2, 0) is 11.2 Å². The number of benzene rings is 1. The molecular formula is C14H16ClNS2. The van der Waals surface area contributed by atoms with Crippen molar-refractivity contribution >= 4 is 34.7 Å². The quantitative estimate of drug-likeness (QED) is 0.705. The summed E-state index contributed by atoms with van der Waals surface area (Å²) in [5, 5.41) is 4.12. The number of thiazole rings is 1. The van der Waals surface area contributed by atoms with Crippen molar-refractivity contribution in [3.63, 3.8) is 0 Å². The molecule has 96 valence electrons. The Hall–Kier alpha value is -0.510. The molecule has 0 aliphatic heterocycles. The van der Waals surface area contributed by atoms with Crippen LogP contribution in [0.4, 0.5) is 0 Å². The number of hydrogen-bond donors (Lipinski definition) is 0. The van der Waals surface area contributed by atoms with E-state index < -0.39 is 0 Å². The molecule has 0 aliphatic carbocycles. The molecular weight excluding hydrogens is 282 g/mol. The van der Waals surface area contributed by atoms with Gasteiger partial charge in [-0.3, -0.25) is 0 Å². The van der Waals surface area contributed by atoms with Crippen LogP contribution in [0, 0.1) is 0 Å². The molecule has 1 aromatic heterocycles. The van der Waals surface area contributed by atoms with E-state index >= 15 is 0 Å². The fraction of sp³-hybridized carbons (Fsp3) is 0.357. The average Bonchev–Trinajstić information content (AvgIpc) is 2.74. The normalized spacial score (nSPS) is 11.8. The van der Waals surface area contributed by atoms with Crippen molar-refractivity contribution in [1.82, 2.24) is 4.98 Å². The first-order valence-electron chi connectivity index (χ1n) is 5.78. The van der Waals surface area contributed by atoms with Gasteiger partial charge in [0.25, 0.3) is 0 Å². The zero-order valence-corrected chi connectivity index (χ0v) is 13.1. The molecule has 0 saturated carbocycles. The van der Waals surface area contributed by atoms with Crippen LogP contribution in [0.3, 0.4) is 0 Å². The predicted octanol–water partition coefficient (Wildman–Crippen LogP) is 5.39. The summed E-state index contributed by atoms with van der Waals surface area (Å²) >= 11 is 9.47. The number of rotatable bonds is 3. The first-order valence-corrected chi connectivity index (χ1v) is 8.03. The third-order valence-electron chi connectivity index (χ3n) is 2.48. The molecule has 2 aromatic rings. The minimum absolute atomic E-state index is 0.134. The highest BCUT2D eigenvalue weighted by molar-refractivity contribution is 7.98. The van der Waals surface area contributed by atoms with E-state index in [1.807, 2.05) is 18.2 Å². The van der Waals surface area contributed by atoms with E-state index in [0.717, 1.165) is 10.8 Å². The van der Waals surface area contributed by atoms with Gasteiger partial charge in [-0.1, -0.05) is 38.4 Å². The van der Waals surface area contributed by atoms with Gasteiger partial charge in [-0.25, -0.2) is 4.98 Å². The Morgan fingerprint density at radius 3 is 2.72 bits per heavy atom. The van der Waals surface area contributed by atoms with Gasteiger partial charge in [-0.05, 0) is 18.2 Å². The van der Waals surface area contributed by atoms with E-state index in [4.69, 9.17) is 11.6 Å². The molecule has 0 radical (unpaired) electrons. The standard InChI is InChI=1S/C14H16ClNS2/c1-14(2,3)12-8-18-13(16-12)9-17-11-6-4-5-10(15)7-11/h4-8H,9H2,1-3H3. The van der Waals surface area contributed by atoms with Crippen LogP contribution in [0.25, 0.3) is 0 Å². The minimum atomic E-state index is 0.134. The highest BCUT2D eigenvalue weighted by atomic mass is 35.5. The minimum Gasteiger partial charge on any atom is -0.245 e. The van der Waals surface area contributed by atoms with Gasteiger partial charge in [0.2, 0.25) is 0 Å². The first-order chi connectivity index (χ1) is 8.45. The zero-order valence-electron chi connectivity index (χ0n) is 10.7. The Balaban J connectivity index is 2.01. The van der Waals surface area contributed by atoms with Crippen molar-refractivity contribution in [2.24, 2.45) is 0 Å². The maximum Gasteiger partial charge on any atom is 0.103 e. The second-order valence-corrected chi connectivity index (χ2v) is 7.55. The first kappa shape index (κ1) is 13.9. The Morgan fingerprint density at radius 1 is 1.33 bits per heavy atom. The Labute approximate surface area is 122 Å². The molecule has 0 unspecified atom stereocenters.